The smallest absolute Gasteiger partial charge is 0.312 e. The molecular formula is C10H11N2O. The molecule has 1 saturated carbocycles. The molecule has 67 valence electrons. The van der Waals surface area contributed by atoms with Crippen molar-refractivity contribution in [3.05, 3.63) is 11.6 Å². The second-order valence-corrected chi connectivity index (χ2v) is 3.86. The summed E-state index contributed by atoms with van der Waals surface area (Å²) in [6.45, 7) is 1.66. The number of likely N-dealkylation sites (tertiary alicyclic amines) is 1. The minimum absolute atomic E-state index is 0.584. The first-order valence-corrected chi connectivity index (χ1v) is 4.53. The van der Waals surface area contributed by atoms with Crippen LogP contribution < -0.4 is 0 Å². The van der Waals surface area contributed by atoms with E-state index in [2.05, 4.69) is 6.07 Å². The molecule has 1 amide bonds. The SMILES string of the molecule is N#C/C=C1\C[C@@H]2CN([C]=O)C[C@@H]2C1. The summed E-state index contributed by atoms with van der Waals surface area (Å²) in [5.74, 6) is 1.17. The van der Waals surface area contributed by atoms with E-state index in [0.717, 1.165) is 25.9 Å². The van der Waals surface area contributed by atoms with Crippen LogP contribution in [0.3, 0.4) is 0 Å². The summed E-state index contributed by atoms with van der Waals surface area (Å²) in [4.78, 5) is 12.1. The molecule has 2 fully saturated rings. The number of hydrogen-bond donors (Lipinski definition) is 0. The van der Waals surface area contributed by atoms with Crippen LogP contribution in [0.1, 0.15) is 12.8 Å². The van der Waals surface area contributed by atoms with E-state index in [1.165, 1.54) is 5.57 Å². The molecule has 3 heteroatoms. The van der Waals surface area contributed by atoms with Crippen LogP contribution in [-0.2, 0) is 4.79 Å². The molecule has 1 radical (unpaired) electrons. The molecule has 0 spiro atoms. The topological polar surface area (TPSA) is 44.1 Å². The van der Waals surface area contributed by atoms with E-state index in [9.17, 15) is 4.79 Å². The number of carbonyl (C=O) groups excluding carboxylic acids is 1. The number of nitrogens with zero attached hydrogens (tertiary/aromatic N) is 2. The van der Waals surface area contributed by atoms with Gasteiger partial charge in [-0.3, -0.25) is 4.79 Å². The van der Waals surface area contributed by atoms with Gasteiger partial charge in [0.1, 0.15) is 0 Å². The number of amides is 1. The molecule has 0 unspecified atom stereocenters. The van der Waals surface area contributed by atoms with Crippen molar-refractivity contribution >= 4 is 6.41 Å². The molecule has 0 N–H and O–H groups in total. The predicted molar refractivity (Wildman–Crippen MR) is 47.2 cm³/mol. The molecule has 2 aliphatic rings. The maximum absolute atomic E-state index is 10.4. The third kappa shape index (κ3) is 1.44. The number of fused-ring (bicyclic) bond motifs is 1. The summed E-state index contributed by atoms with van der Waals surface area (Å²) in [5, 5.41) is 8.49. The van der Waals surface area contributed by atoms with Crippen LogP contribution in [0.15, 0.2) is 11.6 Å². The van der Waals surface area contributed by atoms with E-state index >= 15 is 0 Å². The van der Waals surface area contributed by atoms with E-state index in [1.54, 1.807) is 11.0 Å². The van der Waals surface area contributed by atoms with E-state index in [0.29, 0.717) is 11.8 Å². The Labute approximate surface area is 77.6 Å². The molecule has 3 nitrogen and oxygen atoms in total. The van der Waals surface area contributed by atoms with Crippen molar-refractivity contribution < 1.29 is 4.79 Å². The van der Waals surface area contributed by atoms with Gasteiger partial charge in [-0.25, -0.2) is 0 Å². The van der Waals surface area contributed by atoms with Crippen LogP contribution in [0.2, 0.25) is 0 Å². The van der Waals surface area contributed by atoms with Gasteiger partial charge in [-0.1, -0.05) is 5.57 Å². The normalized spacial score (nSPS) is 34.7. The summed E-state index contributed by atoms with van der Waals surface area (Å²) in [6, 6.07) is 2.07. The van der Waals surface area contributed by atoms with Gasteiger partial charge in [0.05, 0.1) is 6.07 Å². The average molecular weight is 175 g/mol. The standard InChI is InChI=1S/C10H11N2O/c11-2-1-8-3-9-5-12(7-13)6-10(9)4-8/h1,9-10H,3-6H2/b8-1-/t9-,10+/m0/s1. The van der Waals surface area contributed by atoms with Crippen LogP contribution in [0.5, 0.6) is 0 Å². The Morgan fingerprint density at radius 2 is 2.00 bits per heavy atom. The van der Waals surface area contributed by atoms with Gasteiger partial charge < -0.3 is 4.90 Å². The van der Waals surface area contributed by atoms with Crippen LogP contribution >= 0.6 is 0 Å². The zero-order chi connectivity index (χ0) is 9.26. The molecule has 0 aromatic carbocycles. The summed E-state index contributed by atoms with van der Waals surface area (Å²) in [5.41, 5.74) is 1.25. The Balaban J connectivity index is 2.01. The van der Waals surface area contributed by atoms with Gasteiger partial charge in [0.2, 0.25) is 0 Å². The summed E-state index contributed by atoms with van der Waals surface area (Å²) < 4.78 is 0. The first-order valence-electron chi connectivity index (χ1n) is 4.53. The molecule has 2 rings (SSSR count). The second-order valence-electron chi connectivity index (χ2n) is 3.86. The van der Waals surface area contributed by atoms with Gasteiger partial charge in [0.15, 0.2) is 0 Å². The number of rotatable bonds is 1. The van der Waals surface area contributed by atoms with Crippen LogP contribution in [0, 0.1) is 23.2 Å². The van der Waals surface area contributed by atoms with Crippen molar-refractivity contribution in [2.24, 2.45) is 11.8 Å². The number of allylic oxidation sites excluding steroid dienone is 2. The highest BCUT2D eigenvalue weighted by Gasteiger charge is 2.37. The monoisotopic (exact) mass is 175 g/mol. The molecule has 1 saturated heterocycles. The largest absolute Gasteiger partial charge is 0.334 e. The van der Waals surface area contributed by atoms with Crippen LogP contribution in [-0.4, -0.2) is 24.4 Å². The van der Waals surface area contributed by atoms with Gasteiger partial charge >= 0.3 is 6.41 Å². The first kappa shape index (κ1) is 8.31. The Kier molecular flexibility index (Phi) is 2.05. The van der Waals surface area contributed by atoms with E-state index in [4.69, 9.17) is 5.26 Å². The highest BCUT2D eigenvalue weighted by atomic mass is 16.1. The fraction of sp³-hybridized carbons (Fsp3) is 0.600. The number of nitriles is 1. The van der Waals surface area contributed by atoms with Gasteiger partial charge in [0.25, 0.3) is 0 Å². The third-order valence-corrected chi connectivity index (χ3v) is 3.02. The van der Waals surface area contributed by atoms with Crippen molar-refractivity contribution in [2.45, 2.75) is 12.8 Å². The van der Waals surface area contributed by atoms with Crippen molar-refractivity contribution in [2.75, 3.05) is 13.1 Å². The van der Waals surface area contributed by atoms with Gasteiger partial charge in [-0.15, -0.1) is 0 Å². The van der Waals surface area contributed by atoms with Gasteiger partial charge in [-0.2, -0.15) is 5.26 Å². The zero-order valence-corrected chi connectivity index (χ0v) is 7.36. The minimum atomic E-state index is 0.584. The highest BCUT2D eigenvalue weighted by Crippen LogP contribution is 2.40. The van der Waals surface area contributed by atoms with Crippen molar-refractivity contribution in [3.63, 3.8) is 0 Å². The average Bonchev–Trinajstić information content (AvgIpc) is 2.61. The fourth-order valence-electron chi connectivity index (χ4n) is 2.44. The molecule has 13 heavy (non-hydrogen) atoms. The van der Waals surface area contributed by atoms with E-state index in [1.807, 2.05) is 6.41 Å². The lowest BCUT2D eigenvalue weighted by molar-refractivity contribution is 0.419. The zero-order valence-electron chi connectivity index (χ0n) is 7.36. The maximum atomic E-state index is 10.4. The quantitative estimate of drug-likeness (QED) is 0.554. The Morgan fingerprint density at radius 3 is 2.46 bits per heavy atom. The molecule has 2 atom stereocenters. The summed E-state index contributed by atoms with van der Waals surface area (Å²) in [6.07, 6.45) is 5.59. The summed E-state index contributed by atoms with van der Waals surface area (Å²) >= 11 is 0. The van der Waals surface area contributed by atoms with Crippen LogP contribution in [0.4, 0.5) is 0 Å². The molecule has 1 heterocycles. The van der Waals surface area contributed by atoms with Gasteiger partial charge in [0, 0.05) is 19.2 Å². The lowest BCUT2D eigenvalue weighted by atomic mass is 10.0. The first-order chi connectivity index (χ1) is 6.33. The molecule has 0 bridgehead atoms. The van der Waals surface area contributed by atoms with Crippen molar-refractivity contribution in [1.29, 1.82) is 5.26 Å². The molecule has 0 aromatic heterocycles. The van der Waals surface area contributed by atoms with Crippen molar-refractivity contribution in [3.8, 4) is 6.07 Å². The molecular weight excluding hydrogens is 164 g/mol. The number of hydrogen-bond acceptors (Lipinski definition) is 2. The Hall–Kier alpha value is -1.30. The van der Waals surface area contributed by atoms with Gasteiger partial charge in [-0.05, 0) is 24.7 Å². The summed E-state index contributed by atoms with van der Waals surface area (Å²) in [7, 11) is 0. The Bertz CT molecular complexity index is 274. The van der Waals surface area contributed by atoms with Crippen molar-refractivity contribution in [1.82, 2.24) is 4.90 Å². The lowest BCUT2D eigenvalue weighted by Gasteiger charge is -2.07. The second kappa shape index (κ2) is 3.21. The highest BCUT2D eigenvalue weighted by molar-refractivity contribution is 5.49. The van der Waals surface area contributed by atoms with E-state index in [-0.39, 0.29) is 0 Å². The van der Waals surface area contributed by atoms with Crippen LogP contribution in [0.25, 0.3) is 0 Å². The third-order valence-electron chi connectivity index (χ3n) is 3.02. The minimum Gasteiger partial charge on any atom is -0.334 e. The molecule has 0 aromatic rings. The fourth-order valence-corrected chi connectivity index (χ4v) is 2.44. The molecule has 1 aliphatic heterocycles. The lowest BCUT2D eigenvalue weighted by Crippen LogP contribution is -2.19. The van der Waals surface area contributed by atoms with E-state index < -0.39 is 0 Å². The maximum Gasteiger partial charge on any atom is 0.312 e. The Morgan fingerprint density at radius 1 is 1.38 bits per heavy atom. The predicted octanol–water partition coefficient (Wildman–Crippen LogP) is 0.845. The molecule has 1 aliphatic carbocycles.